The molecule has 0 aromatic heterocycles. The van der Waals surface area contributed by atoms with Crippen molar-refractivity contribution >= 4 is 34.9 Å². The molecule has 6 rings (SSSR count). The summed E-state index contributed by atoms with van der Waals surface area (Å²) < 4.78 is 0. The molecule has 1 aromatic rings. The highest BCUT2D eigenvalue weighted by atomic mass is 35.5. The van der Waals surface area contributed by atoms with Gasteiger partial charge in [0.2, 0.25) is 0 Å². The van der Waals surface area contributed by atoms with E-state index < -0.39 is 5.97 Å². The van der Waals surface area contributed by atoms with Crippen LogP contribution in [-0.2, 0) is 0 Å². The van der Waals surface area contributed by atoms with Crippen molar-refractivity contribution in [3.05, 3.63) is 53.1 Å². The lowest BCUT2D eigenvalue weighted by atomic mass is 9.39. The molecule has 8 atom stereocenters. The van der Waals surface area contributed by atoms with Gasteiger partial charge in [0.25, 0.3) is 0 Å². The lowest BCUT2D eigenvalue weighted by molar-refractivity contribution is -0.150. The predicted octanol–water partition coefficient (Wildman–Crippen LogP) is 11.5. The zero-order valence-electron chi connectivity index (χ0n) is 30.9. The number of thioether (sulfide) groups is 1. The van der Waals surface area contributed by atoms with Gasteiger partial charge in [0, 0.05) is 6.61 Å². The summed E-state index contributed by atoms with van der Waals surface area (Å²) >= 11 is 8.65. The average molecular weight is 695 g/mol. The van der Waals surface area contributed by atoms with Crippen molar-refractivity contribution in [3.63, 3.8) is 0 Å². The van der Waals surface area contributed by atoms with Crippen LogP contribution in [0, 0.1) is 76.9 Å². The van der Waals surface area contributed by atoms with Crippen LogP contribution < -0.4 is 0 Å². The topological polar surface area (TPSA) is 57.5 Å². The van der Waals surface area contributed by atoms with Crippen LogP contribution in [0.15, 0.2) is 36.9 Å². The van der Waals surface area contributed by atoms with Crippen LogP contribution in [-0.4, -0.2) is 34.3 Å². The smallest absolute Gasteiger partial charge is 0.337 e. The second-order valence-corrected chi connectivity index (χ2v) is 16.9. The minimum absolute atomic E-state index is 0.0125. The fraction of sp³-hybridized carbons (Fsp3) is 0.651. The fourth-order valence-electron chi connectivity index (χ4n) is 11.5. The average Bonchev–Trinajstić information content (AvgIpc) is 3.51. The molecule has 5 aliphatic rings. The third kappa shape index (κ3) is 7.48. The van der Waals surface area contributed by atoms with E-state index in [4.69, 9.17) is 11.6 Å². The second-order valence-electron chi connectivity index (χ2n) is 15.3. The Morgan fingerprint density at radius 1 is 0.979 bits per heavy atom. The van der Waals surface area contributed by atoms with Crippen molar-refractivity contribution in [2.75, 3.05) is 18.1 Å². The van der Waals surface area contributed by atoms with Crippen LogP contribution in [0.3, 0.4) is 0 Å². The van der Waals surface area contributed by atoms with Gasteiger partial charge >= 0.3 is 5.97 Å². The number of carbonyl (C=O) groups is 1. The maximum atomic E-state index is 11.6. The van der Waals surface area contributed by atoms with Crippen LogP contribution in [0.1, 0.15) is 122 Å². The Labute approximate surface area is 303 Å². The number of allylic oxidation sites excluding steroid dienone is 3. The van der Waals surface area contributed by atoms with E-state index in [1.165, 1.54) is 68.4 Å². The van der Waals surface area contributed by atoms with E-state index in [0.717, 1.165) is 23.8 Å². The van der Waals surface area contributed by atoms with Crippen molar-refractivity contribution in [3.8, 4) is 25.7 Å². The first-order valence-corrected chi connectivity index (χ1v) is 19.6. The quantitative estimate of drug-likeness (QED) is 0.244. The van der Waals surface area contributed by atoms with E-state index >= 15 is 0 Å². The van der Waals surface area contributed by atoms with Gasteiger partial charge in [0.15, 0.2) is 0 Å². The number of terminal acetylenes is 2. The first-order chi connectivity index (χ1) is 22.9. The maximum Gasteiger partial charge on any atom is 0.337 e. The van der Waals surface area contributed by atoms with Crippen molar-refractivity contribution < 1.29 is 15.0 Å². The molecular weight excluding hydrogens is 632 g/mol. The Hall–Kier alpha value is -2.11. The Morgan fingerprint density at radius 3 is 2.21 bits per heavy atom. The van der Waals surface area contributed by atoms with Crippen LogP contribution in [0.5, 0.6) is 0 Å². The van der Waals surface area contributed by atoms with Gasteiger partial charge in [-0.1, -0.05) is 77.8 Å². The SMILES string of the molecule is C#C.C#C.C=CC.CC.CC1(C)C(c2ccc(C(=O)O)c(Cl)c2)=CC[C@@]2(C)C1CC[C@@]1(C)C3CC[C@@]4(CO)CCCC4[C@@H]3CSCCC12. The van der Waals surface area contributed by atoms with E-state index in [1.807, 2.05) is 32.9 Å². The zero-order valence-corrected chi connectivity index (χ0v) is 32.4. The zero-order chi connectivity index (χ0) is 36.5. The van der Waals surface area contributed by atoms with Crippen LogP contribution in [0.25, 0.3) is 5.57 Å². The molecule has 1 heterocycles. The number of carboxylic acids is 1. The molecule has 5 heteroatoms. The van der Waals surface area contributed by atoms with Crippen molar-refractivity contribution in [1.29, 1.82) is 0 Å². The number of rotatable bonds is 3. The predicted molar refractivity (Wildman–Crippen MR) is 209 cm³/mol. The largest absolute Gasteiger partial charge is 0.478 e. The number of fused-ring (bicyclic) bond motifs is 7. The third-order valence-electron chi connectivity index (χ3n) is 13.2. The summed E-state index contributed by atoms with van der Waals surface area (Å²) in [6.45, 7) is 19.8. The monoisotopic (exact) mass is 694 g/mol. The number of benzene rings is 1. The number of aliphatic hydroxyl groups excluding tert-OH is 1. The first-order valence-electron chi connectivity index (χ1n) is 18.1. The first kappa shape index (κ1) is 42.1. The minimum atomic E-state index is -0.973. The molecule has 0 radical (unpaired) electrons. The number of aromatic carboxylic acids is 1. The highest BCUT2D eigenvalue weighted by Crippen LogP contribution is 2.71. The van der Waals surface area contributed by atoms with E-state index in [0.29, 0.717) is 34.8 Å². The minimum Gasteiger partial charge on any atom is -0.478 e. The molecule has 0 bridgehead atoms. The van der Waals surface area contributed by atoms with E-state index in [-0.39, 0.29) is 21.8 Å². The summed E-state index contributed by atoms with van der Waals surface area (Å²) in [5, 5.41) is 20.4. The molecular formula is C43H63ClO3S. The van der Waals surface area contributed by atoms with Gasteiger partial charge in [-0.15, -0.1) is 32.3 Å². The number of hydrogen-bond donors (Lipinski definition) is 2. The summed E-state index contributed by atoms with van der Waals surface area (Å²) in [6.07, 6.45) is 31.6. The molecule has 1 aliphatic heterocycles. The molecule has 4 aliphatic carbocycles. The van der Waals surface area contributed by atoms with Gasteiger partial charge in [-0.2, -0.15) is 11.8 Å². The highest BCUT2D eigenvalue weighted by Gasteiger charge is 2.63. The van der Waals surface area contributed by atoms with Gasteiger partial charge in [0.05, 0.1) is 10.6 Å². The summed E-state index contributed by atoms with van der Waals surface area (Å²) in [4.78, 5) is 11.6. The Morgan fingerprint density at radius 2 is 1.62 bits per heavy atom. The summed E-state index contributed by atoms with van der Waals surface area (Å²) in [7, 11) is 0. The third-order valence-corrected chi connectivity index (χ3v) is 14.6. The van der Waals surface area contributed by atoms with Crippen molar-refractivity contribution in [2.45, 2.75) is 106 Å². The lowest BCUT2D eigenvalue weighted by Crippen LogP contribution is -2.59. The Kier molecular flexibility index (Phi) is 15.5. The molecule has 1 saturated heterocycles. The second kappa shape index (κ2) is 17.7. The Balaban J connectivity index is 0.000000816. The van der Waals surface area contributed by atoms with Crippen LogP contribution in [0.4, 0.5) is 0 Å². The normalized spacial score (nSPS) is 35.5. The number of aliphatic hydroxyl groups is 1. The molecule has 266 valence electrons. The number of carboxylic acid groups (broad SMARTS) is 1. The standard InChI is InChI=1S/C34H47ClO3S.C3H6.C2H6.2C2H2/c1-31(2)24(21-7-8-22(30(37)38)27(35)18-21)9-14-33(4)28(31)11-15-32(3)25-10-16-34(20-36)13-5-6-26(34)23(25)19-39-17-12-29(32)33;1-3-2;3*1-2/h7-9,18,23,25-26,28-29,36H,5-6,10-17,19-20H2,1-4H3,(H,37,38);3H,1H2,2H3;1-2H3;2*1-2H/t23-,25?,26?,28?,29?,32+,33+,34-;;;;/m1..../s1. The van der Waals surface area contributed by atoms with Crippen molar-refractivity contribution in [1.82, 2.24) is 0 Å². The molecule has 0 spiro atoms. The Bertz CT molecular complexity index is 1310. The van der Waals surface area contributed by atoms with Crippen LogP contribution in [0.2, 0.25) is 5.02 Å². The van der Waals surface area contributed by atoms with Gasteiger partial charge in [-0.3, -0.25) is 0 Å². The number of halogens is 1. The summed E-state index contributed by atoms with van der Waals surface area (Å²) in [6, 6.07) is 5.52. The number of hydrogen-bond acceptors (Lipinski definition) is 3. The molecule has 3 saturated carbocycles. The maximum absolute atomic E-state index is 11.6. The molecule has 1 aromatic carbocycles. The van der Waals surface area contributed by atoms with E-state index in [2.05, 4.69) is 77.8 Å². The van der Waals surface area contributed by atoms with E-state index in [9.17, 15) is 15.0 Å². The van der Waals surface area contributed by atoms with Gasteiger partial charge in [0.1, 0.15) is 0 Å². The molecule has 4 unspecified atom stereocenters. The molecule has 4 fully saturated rings. The summed E-state index contributed by atoms with van der Waals surface area (Å²) in [5.74, 6) is 5.09. The molecule has 0 amide bonds. The molecule has 48 heavy (non-hydrogen) atoms. The molecule has 2 N–H and O–H groups in total. The van der Waals surface area contributed by atoms with Crippen molar-refractivity contribution in [2.24, 2.45) is 51.2 Å². The van der Waals surface area contributed by atoms with Gasteiger partial charge in [-0.25, -0.2) is 4.79 Å². The van der Waals surface area contributed by atoms with Gasteiger partial charge < -0.3 is 10.2 Å². The van der Waals surface area contributed by atoms with E-state index in [1.54, 1.807) is 12.1 Å². The summed E-state index contributed by atoms with van der Waals surface area (Å²) in [5.41, 5.74) is 3.38. The fourth-order valence-corrected chi connectivity index (χ4v) is 13.0. The lowest BCUT2D eigenvalue weighted by Gasteiger charge is -2.66. The van der Waals surface area contributed by atoms with Crippen LogP contribution >= 0.6 is 23.4 Å². The molecule has 3 nitrogen and oxygen atoms in total. The highest BCUT2D eigenvalue weighted by molar-refractivity contribution is 7.99. The van der Waals surface area contributed by atoms with Gasteiger partial charge in [-0.05, 0) is 144 Å².